The van der Waals surface area contributed by atoms with Gasteiger partial charge in [-0.3, -0.25) is 14.4 Å². The lowest BCUT2D eigenvalue weighted by atomic mass is 10.0. The third-order valence-electron chi connectivity index (χ3n) is 5.39. The molecule has 0 spiro atoms. The molecule has 0 atom stereocenters. The largest absolute Gasteiger partial charge is 0.493 e. The molecule has 2 amide bonds. The molecule has 0 radical (unpaired) electrons. The molecule has 176 valence electrons. The summed E-state index contributed by atoms with van der Waals surface area (Å²) in [5.74, 6) is 0.716. The van der Waals surface area contributed by atoms with Crippen LogP contribution in [0, 0.1) is 0 Å². The number of esters is 1. The molecule has 1 fully saturated rings. The molecule has 33 heavy (non-hydrogen) atoms. The molecule has 0 aliphatic carbocycles. The van der Waals surface area contributed by atoms with Gasteiger partial charge in [-0.2, -0.15) is 0 Å². The maximum atomic E-state index is 12.8. The Balaban J connectivity index is 1.61. The number of nitrogens with one attached hydrogen (secondary N) is 1. The summed E-state index contributed by atoms with van der Waals surface area (Å²) in [5, 5.41) is 3.02. The van der Waals surface area contributed by atoms with Crippen LogP contribution >= 0.6 is 0 Å². The number of methoxy groups -OCH3 is 3. The van der Waals surface area contributed by atoms with Crippen LogP contribution in [-0.2, 0) is 4.79 Å². The fourth-order valence-corrected chi connectivity index (χ4v) is 3.75. The number of carbonyl (C=O) groups is 3. The lowest BCUT2D eigenvalue weighted by molar-refractivity contribution is -0.131. The van der Waals surface area contributed by atoms with E-state index < -0.39 is 5.97 Å². The number of piperidine rings is 1. The maximum Gasteiger partial charge on any atom is 0.308 e. The van der Waals surface area contributed by atoms with Gasteiger partial charge in [-0.25, -0.2) is 0 Å². The smallest absolute Gasteiger partial charge is 0.308 e. The van der Waals surface area contributed by atoms with E-state index in [1.54, 1.807) is 41.3 Å². The molecule has 0 unspecified atom stereocenters. The molecule has 3 rings (SSSR count). The number of hydrogen-bond donors (Lipinski definition) is 1. The van der Waals surface area contributed by atoms with Gasteiger partial charge >= 0.3 is 5.97 Å². The van der Waals surface area contributed by atoms with Crippen molar-refractivity contribution >= 4 is 17.8 Å². The van der Waals surface area contributed by atoms with Gasteiger partial charge in [0, 0.05) is 37.2 Å². The lowest BCUT2D eigenvalue weighted by Crippen LogP contribution is -2.46. The average molecular weight is 456 g/mol. The average Bonchev–Trinajstić information content (AvgIpc) is 2.82. The minimum Gasteiger partial charge on any atom is -0.493 e. The van der Waals surface area contributed by atoms with Crippen LogP contribution < -0.4 is 24.3 Å². The molecule has 0 aromatic heterocycles. The van der Waals surface area contributed by atoms with Crippen LogP contribution in [0.5, 0.6) is 23.0 Å². The van der Waals surface area contributed by atoms with E-state index in [0.717, 1.165) is 0 Å². The van der Waals surface area contributed by atoms with Crippen LogP contribution in [0.3, 0.4) is 0 Å². The number of likely N-dealkylation sites (tertiary alicyclic amines) is 1. The molecule has 1 aliphatic heterocycles. The zero-order chi connectivity index (χ0) is 24.0. The first-order valence-electron chi connectivity index (χ1n) is 10.5. The summed E-state index contributed by atoms with van der Waals surface area (Å²) in [7, 11) is 4.49. The topological polar surface area (TPSA) is 103 Å². The standard InChI is InChI=1S/C24H28N2O7/c1-15(27)33-19-7-5-6-16(12-19)24(29)26-10-8-18(9-11-26)25-23(28)17-13-20(30-2)22(32-4)21(14-17)31-3/h5-7,12-14,18H,8-11H2,1-4H3,(H,25,28). The second kappa shape index (κ2) is 10.7. The third kappa shape index (κ3) is 5.74. The van der Waals surface area contributed by atoms with Crippen LogP contribution in [-0.4, -0.2) is 63.1 Å². The predicted molar refractivity (Wildman–Crippen MR) is 120 cm³/mol. The van der Waals surface area contributed by atoms with E-state index in [-0.39, 0.29) is 17.9 Å². The summed E-state index contributed by atoms with van der Waals surface area (Å²) < 4.78 is 21.0. The van der Waals surface area contributed by atoms with Gasteiger partial charge in [0.15, 0.2) is 11.5 Å². The molecule has 9 heteroatoms. The Labute approximate surface area is 192 Å². The Bertz CT molecular complexity index is 1000. The highest BCUT2D eigenvalue weighted by atomic mass is 16.5. The summed E-state index contributed by atoms with van der Waals surface area (Å²) >= 11 is 0. The summed E-state index contributed by atoms with van der Waals surface area (Å²) in [6.07, 6.45) is 1.23. The number of rotatable bonds is 7. The molecule has 1 heterocycles. The lowest BCUT2D eigenvalue weighted by Gasteiger charge is -2.32. The number of nitrogens with zero attached hydrogens (tertiary/aromatic N) is 1. The number of amides is 2. The molecule has 2 aromatic rings. The van der Waals surface area contributed by atoms with Crippen LogP contribution in [0.25, 0.3) is 0 Å². The quantitative estimate of drug-likeness (QED) is 0.505. The highest BCUT2D eigenvalue weighted by Gasteiger charge is 2.26. The molecule has 0 saturated carbocycles. The van der Waals surface area contributed by atoms with Gasteiger partial charge in [0.1, 0.15) is 5.75 Å². The number of hydrogen-bond acceptors (Lipinski definition) is 7. The summed E-state index contributed by atoms with van der Waals surface area (Å²) in [6.45, 7) is 2.30. The molecule has 1 aliphatic rings. The molecule has 2 aromatic carbocycles. The fourth-order valence-electron chi connectivity index (χ4n) is 3.75. The first-order valence-corrected chi connectivity index (χ1v) is 10.5. The number of benzene rings is 2. The van der Waals surface area contributed by atoms with Gasteiger partial charge in [-0.05, 0) is 43.2 Å². The van der Waals surface area contributed by atoms with E-state index in [0.29, 0.717) is 60.1 Å². The molecular formula is C24H28N2O7. The highest BCUT2D eigenvalue weighted by molar-refractivity contribution is 5.96. The normalized spacial score (nSPS) is 13.8. The number of carbonyl (C=O) groups excluding carboxylic acids is 3. The van der Waals surface area contributed by atoms with Crippen LogP contribution in [0.2, 0.25) is 0 Å². The van der Waals surface area contributed by atoms with E-state index in [4.69, 9.17) is 18.9 Å². The van der Waals surface area contributed by atoms with Crippen molar-refractivity contribution in [3.63, 3.8) is 0 Å². The van der Waals surface area contributed by atoms with Crippen LogP contribution in [0.15, 0.2) is 36.4 Å². The van der Waals surface area contributed by atoms with Gasteiger partial charge in [0.2, 0.25) is 5.75 Å². The van der Waals surface area contributed by atoms with E-state index >= 15 is 0 Å². The summed E-state index contributed by atoms with van der Waals surface area (Å²) in [5.41, 5.74) is 0.846. The Kier molecular flexibility index (Phi) is 7.76. The predicted octanol–water partition coefficient (Wildman–Crippen LogP) is 2.67. The van der Waals surface area contributed by atoms with E-state index in [1.807, 2.05) is 0 Å². The van der Waals surface area contributed by atoms with Crippen LogP contribution in [0.1, 0.15) is 40.5 Å². The second-order valence-corrected chi connectivity index (χ2v) is 7.58. The molecule has 9 nitrogen and oxygen atoms in total. The first kappa shape index (κ1) is 23.9. The van der Waals surface area contributed by atoms with E-state index in [9.17, 15) is 14.4 Å². The van der Waals surface area contributed by atoms with Crippen molar-refractivity contribution in [3.8, 4) is 23.0 Å². The van der Waals surface area contributed by atoms with E-state index in [1.165, 1.54) is 28.3 Å². The number of ether oxygens (including phenoxy) is 4. The molecule has 1 N–H and O–H groups in total. The fraction of sp³-hybridized carbons (Fsp3) is 0.375. The Morgan fingerprint density at radius 2 is 1.55 bits per heavy atom. The van der Waals surface area contributed by atoms with E-state index in [2.05, 4.69) is 5.32 Å². The molecular weight excluding hydrogens is 428 g/mol. The Morgan fingerprint density at radius 1 is 0.909 bits per heavy atom. The monoisotopic (exact) mass is 456 g/mol. The molecule has 1 saturated heterocycles. The van der Waals surface area contributed by atoms with Gasteiger partial charge < -0.3 is 29.2 Å². The van der Waals surface area contributed by atoms with Crippen molar-refractivity contribution in [2.45, 2.75) is 25.8 Å². The van der Waals surface area contributed by atoms with Crippen molar-refractivity contribution in [3.05, 3.63) is 47.5 Å². The van der Waals surface area contributed by atoms with Gasteiger partial charge in [0.05, 0.1) is 21.3 Å². The van der Waals surface area contributed by atoms with Gasteiger partial charge in [-0.1, -0.05) is 6.07 Å². The Hall–Kier alpha value is -3.75. The van der Waals surface area contributed by atoms with Crippen molar-refractivity contribution in [2.24, 2.45) is 0 Å². The van der Waals surface area contributed by atoms with Crippen molar-refractivity contribution < 1.29 is 33.3 Å². The molecule has 0 bridgehead atoms. The first-order chi connectivity index (χ1) is 15.9. The van der Waals surface area contributed by atoms with Crippen LogP contribution in [0.4, 0.5) is 0 Å². The van der Waals surface area contributed by atoms with Gasteiger partial charge in [-0.15, -0.1) is 0 Å². The van der Waals surface area contributed by atoms with Crippen molar-refractivity contribution in [1.82, 2.24) is 10.2 Å². The van der Waals surface area contributed by atoms with Gasteiger partial charge in [0.25, 0.3) is 11.8 Å². The summed E-state index contributed by atoms with van der Waals surface area (Å²) in [6, 6.07) is 9.68. The zero-order valence-corrected chi connectivity index (χ0v) is 19.2. The van der Waals surface area contributed by atoms with Crippen molar-refractivity contribution in [1.29, 1.82) is 0 Å². The maximum absolute atomic E-state index is 12.8. The second-order valence-electron chi connectivity index (χ2n) is 7.58. The third-order valence-corrected chi connectivity index (χ3v) is 5.39. The zero-order valence-electron chi connectivity index (χ0n) is 19.2. The highest BCUT2D eigenvalue weighted by Crippen LogP contribution is 2.38. The van der Waals surface area contributed by atoms with Crippen molar-refractivity contribution in [2.75, 3.05) is 34.4 Å². The SMILES string of the molecule is COc1cc(C(=O)NC2CCN(C(=O)c3cccc(OC(C)=O)c3)CC2)cc(OC)c1OC. The Morgan fingerprint density at radius 3 is 2.09 bits per heavy atom. The minimum atomic E-state index is -0.441. The summed E-state index contributed by atoms with van der Waals surface area (Å²) in [4.78, 5) is 38.6. The minimum absolute atomic E-state index is 0.0759.